The average Bonchev–Trinajstić information content (AvgIpc) is 3.91. The van der Waals surface area contributed by atoms with Gasteiger partial charge in [0.15, 0.2) is 0 Å². The van der Waals surface area contributed by atoms with Crippen LogP contribution in [-0.2, 0) is 10.8 Å². The van der Waals surface area contributed by atoms with E-state index in [0.29, 0.717) is 5.92 Å². The van der Waals surface area contributed by atoms with Crippen molar-refractivity contribution in [2.75, 3.05) is 0 Å². The minimum atomic E-state index is 0.0894. The lowest BCUT2D eigenvalue weighted by atomic mass is 9.80. The van der Waals surface area contributed by atoms with Gasteiger partial charge in [-0.05, 0) is 125 Å². The molecule has 10 aromatic rings. The van der Waals surface area contributed by atoms with E-state index in [2.05, 4.69) is 215 Å². The SMILES string of the molecule is CCCC(C)c1ccc2c(c1)c1ccccc1n2-c1cc(-n2c3ccccc3c3cc(C(C)(C)CCC)ccc32)cc(-n2c3ccccc3c3cc(C(C)(C)CCC)ccc32)c1. The van der Waals surface area contributed by atoms with Crippen LogP contribution >= 0.6 is 0 Å². The maximum atomic E-state index is 2.52. The maximum Gasteiger partial charge on any atom is 0.0541 e. The van der Waals surface area contributed by atoms with E-state index in [-0.39, 0.29) is 10.8 Å². The van der Waals surface area contributed by atoms with E-state index in [1.807, 2.05) is 0 Å². The lowest BCUT2D eigenvalue weighted by molar-refractivity contribution is 0.473. The van der Waals surface area contributed by atoms with Gasteiger partial charge in [0.25, 0.3) is 0 Å². The Morgan fingerprint density at radius 2 is 0.742 bits per heavy atom. The highest BCUT2D eigenvalue weighted by molar-refractivity contribution is 6.12. The van der Waals surface area contributed by atoms with Crippen LogP contribution in [0.1, 0.15) is 117 Å². The van der Waals surface area contributed by atoms with Gasteiger partial charge in [-0.1, -0.05) is 147 Å². The van der Waals surface area contributed by atoms with Crippen molar-refractivity contribution in [3.05, 3.63) is 162 Å². The average molecular weight is 812 g/mol. The molecule has 3 heterocycles. The smallest absolute Gasteiger partial charge is 0.0541 e. The van der Waals surface area contributed by atoms with Crippen molar-refractivity contribution in [1.29, 1.82) is 0 Å². The topological polar surface area (TPSA) is 14.8 Å². The summed E-state index contributed by atoms with van der Waals surface area (Å²) in [6.07, 6.45) is 6.98. The van der Waals surface area contributed by atoms with Gasteiger partial charge in [0.2, 0.25) is 0 Å². The summed E-state index contributed by atoms with van der Waals surface area (Å²) in [6, 6.07) is 56.0. The monoisotopic (exact) mass is 811 g/mol. The second kappa shape index (κ2) is 15.4. The summed E-state index contributed by atoms with van der Waals surface area (Å²) in [5.74, 6) is 0.508. The van der Waals surface area contributed by atoms with Crippen LogP contribution in [0.15, 0.2) is 146 Å². The Kier molecular flexibility index (Phi) is 9.93. The third-order valence-corrected chi connectivity index (χ3v) is 14.3. The normalized spacial score (nSPS) is 13.2. The third kappa shape index (κ3) is 6.46. The molecule has 1 atom stereocenters. The molecule has 3 nitrogen and oxygen atoms in total. The Hall–Kier alpha value is -6.06. The molecular weight excluding hydrogens is 751 g/mol. The predicted octanol–water partition coefficient (Wildman–Crippen LogP) is 17.0. The van der Waals surface area contributed by atoms with Crippen LogP contribution in [0.5, 0.6) is 0 Å². The third-order valence-electron chi connectivity index (χ3n) is 14.3. The number of aromatic nitrogens is 3. The molecule has 0 saturated heterocycles. The zero-order valence-electron chi connectivity index (χ0n) is 38.0. The van der Waals surface area contributed by atoms with Gasteiger partial charge < -0.3 is 13.7 Å². The highest BCUT2D eigenvalue weighted by Gasteiger charge is 2.25. The maximum absolute atomic E-state index is 2.52. The fourth-order valence-electron chi connectivity index (χ4n) is 11.0. The molecule has 0 amide bonds. The van der Waals surface area contributed by atoms with Crippen LogP contribution in [0.3, 0.4) is 0 Å². The molecule has 0 radical (unpaired) electrons. The van der Waals surface area contributed by atoms with Crippen molar-refractivity contribution >= 4 is 65.4 Å². The van der Waals surface area contributed by atoms with Crippen molar-refractivity contribution < 1.29 is 0 Å². The summed E-state index contributed by atoms with van der Waals surface area (Å²) >= 11 is 0. The summed E-state index contributed by atoms with van der Waals surface area (Å²) in [5.41, 5.74) is 15.2. The molecule has 7 aromatic carbocycles. The Morgan fingerprint density at radius 3 is 1.13 bits per heavy atom. The van der Waals surface area contributed by atoms with Crippen LogP contribution in [0.4, 0.5) is 0 Å². The van der Waals surface area contributed by atoms with Crippen molar-refractivity contribution in [2.24, 2.45) is 0 Å². The van der Waals surface area contributed by atoms with E-state index < -0.39 is 0 Å². The Labute approximate surface area is 367 Å². The minimum Gasteiger partial charge on any atom is -0.309 e. The van der Waals surface area contributed by atoms with E-state index in [9.17, 15) is 0 Å². The second-order valence-corrected chi connectivity index (χ2v) is 19.5. The number of para-hydroxylation sites is 3. The summed E-state index contributed by atoms with van der Waals surface area (Å²) in [7, 11) is 0. The Bertz CT molecular complexity index is 3150. The Balaban J connectivity index is 1.30. The van der Waals surface area contributed by atoms with Crippen LogP contribution in [0, 0.1) is 0 Å². The molecule has 0 saturated carbocycles. The van der Waals surface area contributed by atoms with Gasteiger partial charge in [0.1, 0.15) is 0 Å². The van der Waals surface area contributed by atoms with Crippen LogP contribution < -0.4 is 0 Å². The number of rotatable bonds is 12. The molecule has 0 bridgehead atoms. The van der Waals surface area contributed by atoms with Crippen molar-refractivity contribution in [3.8, 4) is 17.1 Å². The molecule has 62 heavy (non-hydrogen) atoms. The van der Waals surface area contributed by atoms with Crippen LogP contribution in [-0.4, -0.2) is 13.7 Å². The fourth-order valence-corrected chi connectivity index (χ4v) is 11.0. The summed E-state index contributed by atoms with van der Waals surface area (Å²) < 4.78 is 7.56. The van der Waals surface area contributed by atoms with Gasteiger partial charge in [-0.25, -0.2) is 0 Å². The first-order chi connectivity index (χ1) is 30.0. The largest absolute Gasteiger partial charge is 0.309 e. The Morgan fingerprint density at radius 1 is 0.387 bits per heavy atom. The molecule has 0 fully saturated rings. The zero-order valence-corrected chi connectivity index (χ0v) is 38.0. The van der Waals surface area contributed by atoms with E-state index in [1.54, 1.807) is 0 Å². The molecule has 0 aliphatic carbocycles. The zero-order chi connectivity index (χ0) is 42.9. The standard InChI is InChI=1S/C59H61N3/c1-9-18-39(4)40-25-28-55-49(33-40)46-19-12-15-22-52(46)60(55)43-36-44(61-53-23-16-13-20-47(53)50-34-41(26-29-56(50)61)58(5,6)31-10-2)38-45(37-43)62-54-24-17-14-21-48(54)51-35-42(27-30-57(51)62)59(7,8)32-11-3/h12-17,19-30,33-39H,9-11,18,31-32H2,1-8H3. The highest BCUT2D eigenvalue weighted by atomic mass is 15.0. The summed E-state index contributed by atoms with van der Waals surface area (Å²) in [4.78, 5) is 0. The predicted molar refractivity (Wildman–Crippen MR) is 269 cm³/mol. The van der Waals surface area contributed by atoms with Crippen LogP contribution in [0.2, 0.25) is 0 Å². The first-order valence-electron chi connectivity index (χ1n) is 23.3. The molecular formula is C59H61N3. The van der Waals surface area contributed by atoms with Crippen molar-refractivity contribution in [1.82, 2.24) is 13.7 Å². The van der Waals surface area contributed by atoms with Gasteiger partial charge in [-0.2, -0.15) is 0 Å². The van der Waals surface area contributed by atoms with Crippen molar-refractivity contribution in [2.45, 2.75) is 111 Å². The van der Waals surface area contributed by atoms with Gasteiger partial charge in [0.05, 0.1) is 50.2 Å². The van der Waals surface area contributed by atoms with E-state index in [1.165, 1.54) is 94.9 Å². The molecule has 3 aromatic heterocycles. The molecule has 312 valence electrons. The molecule has 0 N–H and O–H groups in total. The first kappa shape index (κ1) is 40.0. The van der Waals surface area contributed by atoms with Gasteiger partial charge >= 0.3 is 0 Å². The number of hydrogen-bond donors (Lipinski definition) is 0. The number of benzene rings is 7. The van der Waals surface area contributed by atoms with Crippen LogP contribution in [0.25, 0.3) is 82.5 Å². The fraction of sp³-hybridized carbons (Fsp3) is 0.288. The molecule has 10 rings (SSSR count). The molecule has 0 aliphatic rings. The van der Waals surface area contributed by atoms with Gasteiger partial charge in [0, 0.05) is 32.3 Å². The van der Waals surface area contributed by atoms with Crippen molar-refractivity contribution in [3.63, 3.8) is 0 Å². The number of nitrogens with zero attached hydrogens (tertiary/aromatic N) is 3. The highest BCUT2D eigenvalue weighted by Crippen LogP contribution is 2.42. The summed E-state index contributed by atoms with van der Waals surface area (Å²) in [6.45, 7) is 18.8. The molecule has 0 aliphatic heterocycles. The number of hydrogen-bond acceptors (Lipinski definition) is 0. The van der Waals surface area contributed by atoms with Gasteiger partial charge in [-0.3, -0.25) is 0 Å². The van der Waals surface area contributed by atoms with E-state index >= 15 is 0 Å². The molecule has 3 heteroatoms. The lowest BCUT2D eigenvalue weighted by Crippen LogP contribution is -2.16. The quantitative estimate of drug-likeness (QED) is 0.117. The summed E-state index contributed by atoms with van der Waals surface area (Å²) in [5, 5.41) is 7.78. The van der Waals surface area contributed by atoms with E-state index in [0.717, 1.165) is 42.7 Å². The minimum absolute atomic E-state index is 0.0894. The van der Waals surface area contributed by atoms with Gasteiger partial charge in [-0.15, -0.1) is 0 Å². The van der Waals surface area contributed by atoms with E-state index in [4.69, 9.17) is 0 Å². The first-order valence-corrected chi connectivity index (χ1v) is 23.3. The molecule has 0 spiro atoms. The lowest BCUT2D eigenvalue weighted by Gasteiger charge is -2.25. The number of fused-ring (bicyclic) bond motifs is 9. The second-order valence-electron chi connectivity index (χ2n) is 19.5. The molecule has 1 unspecified atom stereocenters.